The molecule has 6 heteroatoms. The van der Waals surface area contributed by atoms with Gasteiger partial charge in [-0.1, -0.05) is 26.0 Å². The number of aromatic amines is 1. The van der Waals surface area contributed by atoms with Crippen molar-refractivity contribution in [1.29, 1.82) is 0 Å². The smallest absolute Gasteiger partial charge is 0.226 e. The highest BCUT2D eigenvalue weighted by Gasteiger charge is 2.31. The quantitative estimate of drug-likeness (QED) is 0.773. The molecule has 1 atom stereocenters. The molecule has 0 saturated heterocycles. The van der Waals surface area contributed by atoms with E-state index >= 15 is 0 Å². The van der Waals surface area contributed by atoms with Crippen LogP contribution >= 0.6 is 0 Å². The third-order valence-electron chi connectivity index (χ3n) is 4.62. The van der Waals surface area contributed by atoms with Crippen molar-refractivity contribution >= 4 is 22.8 Å². The highest BCUT2D eigenvalue weighted by atomic mass is 16.1. The van der Waals surface area contributed by atoms with E-state index in [1.54, 1.807) is 6.20 Å². The SMILES string of the molecule is CC(C)CCn1c([C@@H]2CC(=O)Nc3[nH]ncc32)nc2ccccc21. The second kappa shape index (κ2) is 5.78. The number of carbonyl (C=O) groups excluding carboxylic acids is 1. The van der Waals surface area contributed by atoms with Crippen LogP contribution in [0.4, 0.5) is 5.82 Å². The fourth-order valence-electron chi connectivity index (χ4n) is 3.36. The lowest BCUT2D eigenvalue weighted by atomic mass is 9.93. The Morgan fingerprint density at radius 1 is 1.33 bits per heavy atom. The van der Waals surface area contributed by atoms with E-state index < -0.39 is 0 Å². The summed E-state index contributed by atoms with van der Waals surface area (Å²) in [5, 5.41) is 9.82. The van der Waals surface area contributed by atoms with E-state index in [1.807, 2.05) is 18.2 Å². The van der Waals surface area contributed by atoms with Crippen molar-refractivity contribution in [2.75, 3.05) is 5.32 Å². The molecule has 2 aromatic heterocycles. The van der Waals surface area contributed by atoms with Crippen LogP contribution in [0.2, 0.25) is 0 Å². The van der Waals surface area contributed by atoms with Gasteiger partial charge in [-0.05, 0) is 24.5 Å². The number of aromatic nitrogens is 4. The average molecular weight is 323 g/mol. The first kappa shape index (κ1) is 14.9. The van der Waals surface area contributed by atoms with E-state index in [0.29, 0.717) is 18.2 Å². The van der Waals surface area contributed by atoms with Crippen LogP contribution in [0, 0.1) is 5.92 Å². The number of amides is 1. The molecule has 3 aromatic rings. The third-order valence-corrected chi connectivity index (χ3v) is 4.62. The lowest BCUT2D eigenvalue weighted by Gasteiger charge is -2.23. The summed E-state index contributed by atoms with van der Waals surface area (Å²) in [6.07, 6.45) is 3.27. The summed E-state index contributed by atoms with van der Waals surface area (Å²) in [5.74, 6) is 2.19. The number of rotatable bonds is 4. The summed E-state index contributed by atoms with van der Waals surface area (Å²) in [7, 11) is 0. The molecule has 0 unspecified atom stereocenters. The number of para-hydroxylation sites is 2. The average Bonchev–Trinajstić information content (AvgIpc) is 3.16. The Hall–Kier alpha value is -2.63. The summed E-state index contributed by atoms with van der Waals surface area (Å²) in [6, 6.07) is 8.18. The zero-order valence-corrected chi connectivity index (χ0v) is 13.9. The van der Waals surface area contributed by atoms with Crippen LogP contribution in [0.15, 0.2) is 30.5 Å². The van der Waals surface area contributed by atoms with E-state index in [-0.39, 0.29) is 11.8 Å². The summed E-state index contributed by atoms with van der Waals surface area (Å²) in [6.45, 7) is 5.35. The predicted octanol–water partition coefficient (Wildman–Crippen LogP) is 3.28. The van der Waals surface area contributed by atoms with Gasteiger partial charge in [-0.25, -0.2) is 4.98 Å². The highest BCUT2D eigenvalue weighted by molar-refractivity contribution is 5.94. The molecule has 0 spiro atoms. The third kappa shape index (κ3) is 2.48. The van der Waals surface area contributed by atoms with Crippen molar-refractivity contribution in [2.45, 2.75) is 39.2 Å². The first-order valence-corrected chi connectivity index (χ1v) is 8.41. The number of benzene rings is 1. The molecule has 24 heavy (non-hydrogen) atoms. The summed E-state index contributed by atoms with van der Waals surface area (Å²) < 4.78 is 2.27. The molecule has 1 aliphatic rings. The zero-order valence-electron chi connectivity index (χ0n) is 13.9. The van der Waals surface area contributed by atoms with Gasteiger partial charge in [0.15, 0.2) is 0 Å². The van der Waals surface area contributed by atoms with Crippen LogP contribution in [-0.4, -0.2) is 25.7 Å². The number of fused-ring (bicyclic) bond motifs is 2. The summed E-state index contributed by atoms with van der Waals surface area (Å²) in [4.78, 5) is 17.0. The standard InChI is InChI=1S/C18H21N5O/c1-11(2)7-8-23-15-6-4-3-5-14(15)20-18(23)12-9-16(24)21-17-13(12)10-19-22-17/h3-6,10-12H,7-9H2,1-2H3,(H2,19,21,22,24)/t12-/m1/s1. The van der Waals surface area contributed by atoms with Gasteiger partial charge in [0.2, 0.25) is 5.91 Å². The Kier molecular flexibility index (Phi) is 3.59. The number of hydrogen-bond donors (Lipinski definition) is 2. The number of anilines is 1. The molecule has 0 fully saturated rings. The van der Waals surface area contributed by atoms with Gasteiger partial charge in [0.05, 0.1) is 23.1 Å². The van der Waals surface area contributed by atoms with Crippen LogP contribution in [0.25, 0.3) is 11.0 Å². The molecule has 1 amide bonds. The summed E-state index contributed by atoms with van der Waals surface area (Å²) in [5.41, 5.74) is 3.12. The predicted molar refractivity (Wildman–Crippen MR) is 92.9 cm³/mol. The molecule has 0 bridgehead atoms. The minimum atomic E-state index is -0.0629. The van der Waals surface area contributed by atoms with Gasteiger partial charge >= 0.3 is 0 Å². The molecule has 3 heterocycles. The first-order chi connectivity index (χ1) is 11.6. The Bertz CT molecular complexity index is 892. The molecule has 1 aromatic carbocycles. The number of imidazole rings is 1. The summed E-state index contributed by atoms with van der Waals surface area (Å²) >= 11 is 0. The molecule has 0 aliphatic carbocycles. The van der Waals surface area contributed by atoms with E-state index in [0.717, 1.165) is 35.4 Å². The topological polar surface area (TPSA) is 75.6 Å². The van der Waals surface area contributed by atoms with Crippen LogP contribution in [0.3, 0.4) is 0 Å². The van der Waals surface area contributed by atoms with Crippen LogP contribution in [0.5, 0.6) is 0 Å². The fraction of sp³-hybridized carbons (Fsp3) is 0.389. The minimum Gasteiger partial charge on any atom is -0.327 e. The fourth-order valence-corrected chi connectivity index (χ4v) is 3.36. The van der Waals surface area contributed by atoms with Crippen molar-refractivity contribution in [3.8, 4) is 0 Å². The molecule has 124 valence electrons. The van der Waals surface area contributed by atoms with E-state index in [1.165, 1.54) is 0 Å². The number of carbonyl (C=O) groups is 1. The maximum Gasteiger partial charge on any atom is 0.226 e. The number of H-pyrrole nitrogens is 1. The lowest BCUT2D eigenvalue weighted by molar-refractivity contribution is -0.116. The number of nitrogens with zero attached hydrogens (tertiary/aromatic N) is 3. The molecule has 4 rings (SSSR count). The van der Waals surface area contributed by atoms with Gasteiger partial charge in [0.1, 0.15) is 11.6 Å². The molecule has 2 N–H and O–H groups in total. The second-order valence-electron chi connectivity index (χ2n) is 6.80. The van der Waals surface area contributed by atoms with Crippen LogP contribution in [-0.2, 0) is 11.3 Å². The van der Waals surface area contributed by atoms with Crippen molar-refractivity contribution in [3.05, 3.63) is 41.9 Å². The molecule has 0 saturated carbocycles. The largest absolute Gasteiger partial charge is 0.327 e. The number of hydrogen-bond acceptors (Lipinski definition) is 3. The van der Waals surface area contributed by atoms with E-state index in [4.69, 9.17) is 4.98 Å². The first-order valence-electron chi connectivity index (χ1n) is 8.41. The molecular formula is C18H21N5O. The van der Waals surface area contributed by atoms with E-state index in [9.17, 15) is 4.79 Å². The Labute approximate surface area is 140 Å². The monoisotopic (exact) mass is 323 g/mol. The van der Waals surface area contributed by atoms with Gasteiger partial charge in [-0.15, -0.1) is 0 Å². The number of aryl methyl sites for hydroxylation is 1. The zero-order chi connectivity index (χ0) is 16.7. The van der Waals surface area contributed by atoms with Crippen LogP contribution < -0.4 is 5.32 Å². The van der Waals surface area contributed by atoms with Crippen molar-refractivity contribution in [3.63, 3.8) is 0 Å². The number of nitrogens with one attached hydrogen (secondary N) is 2. The van der Waals surface area contributed by atoms with Crippen LogP contribution in [0.1, 0.15) is 44.0 Å². The Morgan fingerprint density at radius 2 is 2.17 bits per heavy atom. The van der Waals surface area contributed by atoms with Gasteiger partial charge in [-0.3, -0.25) is 9.89 Å². The second-order valence-corrected chi connectivity index (χ2v) is 6.80. The Balaban J connectivity index is 1.84. The molecule has 1 aliphatic heterocycles. The minimum absolute atomic E-state index is 0.000726. The normalized spacial score (nSPS) is 17.3. The molecular weight excluding hydrogens is 302 g/mol. The van der Waals surface area contributed by atoms with E-state index in [2.05, 4.69) is 40.0 Å². The maximum absolute atomic E-state index is 12.1. The Morgan fingerprint density at radius 3 is 3.00 bits per heavy atom. The lowest BCUT2D eigenvalue weighted by Crippen LogP contribution is -2.25. The van der Waals surface area contributed by atoms with Gasteiger partial charge in [0, 0.05) is 18.5 Å². The van der Waals surface area contributed by atoms with Gasteiger partial charge < -0.3 is 9.88 Å². The maximum atomic E-state index is 12.1. The molecule has 0 radical (unpaired) electrons. The van der Waals surface area contributed by atoms with Gasteiger partial charge in [0.25, 0.3) is 0 Å². The van der Waals surface area contributed by atoms with Crippen molar-refractivity contribution in [1.82, 2.24) is 19.7 Å². The highest BCUT2D eigenvalue weighted by Crippen LogP contribution is 2.36. The van der Waals surface area contributed by atoms with Crippen molar-refractivity contribution < 1.29 is 4.79 Å². The van der Waals surface area contributed by atoms with Gasteiger partial charge in [-0.2, -0.15) is 5.10 Å². The molecule has 6 nitrogen and oxygen atoms in total. The van der Waals surface area contributed by atoms with Crippen molar-refractivity contribution in [2.24, 2.45) is 5.92 Å².